The molecule has 0 aliphatic rings. The second-order valence-electron chi connectivity index (χ2n) is 5.34. The Hall–Kier alpha value is -2.45. The van der Waals surface area contributed by atoms with Gasteiger partial charge in [0.1, 0.15) is 0 Å². The molecule has 0 bridgehead atoms. The van der Waals surface area contributed by atoms with Crippen LogP contribution < -0.4 is 14.4 Å². The monoisotopic (exact) mass is 386 g/mol. The van der Waals surface area contributed by atoms with E-state index in [1.807, 2.05) is 49.3 Å². The fourth-order valence-electron chi connectivity index (χ4n) is 2.33. The number of benzene rings is 2. The lowest BCUT2D eigenvalue weighted by Crippen LogP contribution is -2.09. The van der Waals surface area contributed by atoms with Crippen molar-refractivity contribution in [3.63, 3.8) is 0 Å². The van der Waals surface area contributed by atoms with Gasteiger partial charge in [-0.25, -0.2) is 0 Å². The van der Waals surface area contributed by atoms with Gasteiger partial charge in [0.2, 0.25) is 0 Å². The van der Waals surface area contributed by atoms with Crippen LogP contribution in [0.3, 0.4) is 0 Å². The summed E-state index contributed by atoms with van der Waals surface area (Å²) in [6.45, 7) is 0. The van der Waals surface area contributed by atoms with Crippen LogP contribution in [0.1, 0.15) is 11.1 Å². The number of ether oxygens (including phenoxy) is 2. The van der Waals surface area contributed by atoms with Crippen molar-refractivity contribution < 1.29 is 9.47 Å². The third-order valence-corrected chi connectivity index (χ3v) is 4.21. The Labute approximate surface area is 151 Å². The van der Waals surface area contributed by atoms with Gasteiger partial charge in [0.05, 0.1) is 31.5 Å². The van der Waals surface area contributed by atoms with Crippen LogP contribution in [0.4, 0.5) is 5.69 Å². The van der Waals surface area contributed by atoms with Gasteiger partial charge in [-0.2, -0.15) is 5.26 Å². The van der Waals surface area contributed by atoms with E-state index in [0.717, 1.165) is 21.3 Å². The summed E-state index contributed by atoms with van der Waals surface area (Å²) in [5.74, 6) is 1.23. The summed E-state index contributed by atoms with van der Waals surface area (Å²) in [6.07, 6.45) is 1.85. The summed E-state index contributed by atoms with van der Waals surface area (Å²) in [4.78, 5) is 2.02. The summed E-state index contributed by atoms with van der Waals surface area (Å²) in [5, 5.41) is 9.53. The maximum absolute atomic E-state index is 9.53. The summed E-state index contributed by atoms with van der Waals surface area (Å²) in [6, 6.07) is 13.7. The van der Waals surface area contributed by atoms with E-state index in [4.69, 9.17) is 9.47 Å². The zero-order valence-electron chi connectivity index (χ0n) is 14.1. The zero-order valence-corrected chi connectivity index (χ0v) is 15.7. The average Bonchev–Trinajstić information content (AvgIpc) is 2.58. The van der Waals surface area contributed by atoms with Crippen LogP contribution in [0.25, 0.3) is 11.6 Å². The fraction of sp³-hybridized carbons (Fsp3) is 0.211. The second-order valence-corrected chi connectivity index (χ2v) is 6.20. The number of hydrogen-bond acceptors (Lipinski definition) is 4. The van der Waals surface area contributed by atoms with Gasteiger partial charge in [0.25, 0.3) is 0 Å². The van der Waals surface area contributed by atoms with Gasteiger partial charge in [-0.05, 0) is 63.5 Å². The minimum atomic E-state index is 0.556. The number of methoxy groups -OCH3 is 2. The normalized spacial score (nSPS) is 10.9. The molecule has 24 heavy (non-hydrogen) atoms. The van der Waals surface area contributed by atoms with Gasteiger partial charge in [-0.15, -0.1) is 0 Å². The van der Waals surface area contributed by atoms with E-state index >= 15 is 0 Å². The highest BCUT2D eigenvalue weighted by atomic mass is 79.9. The highest BCUT2D eigenvalue weighted by molar-refractivity contribution is 9.10. The van der Waals surface area contributed by atoms with Gasteiger partial charge in [-0.3, -0.25) is 0 Å². The topological polar surface area (TPSA) is 45.5 Å². The van der Waals surface area contributed by atoms with Gasteiger partial charge in [0, 0.05) is 18.6 Å². The molecule has 4 nitrogen and oxygen atoms in total. The van der Waals surface area contributed by atoms with Crippen LogP contribution in [0.5, 0.6) is 11.5 Å². The Kier molecular flexibility index (Phi) is 5.88. The van der Waals surface area contributed by atoms with Gasteiger partial charge in [0.15, 0.2) is 11.5 Å². The Bertz CT molecular complexity index is 807. The number of halogens is 1. The first-order valence-corrected chi connectivity index (χ1v) is 8.10. The summed E-state index contributed by atoms with van der Waals surface area (Å²) in [7, 11) is 7.14. The van der Waals surface area contributed by atoms with Crippen LogP contribution in [-0.4, -0.2) is 28.3 Å². The van der Waals surface area contributed by atoms with Crippen LogP contribution in [0, 0.1) is 11.3 Å². The van der Waals surface area contributed by atoms with Crippen LogP contribution in [-0.2, 0) is 0 Å². The largest absolute Gasteiger partial charge is 0.493 e. The maximum Gasteiger partial charge on any atom is 0.161 e. The molecule has 2 aromatic rings. The Balaban J connectivity index is 2.43. The van der Waals surface area contributed by atoms with E-state index in [0.29, 0.717) is 17.1 Å². The first-order valence-electron chi connectivity index (χ1n) is 7.31. The van der Waals surface area contributed by atoms with Crippen LogP contribution in [0.15, 0.2) is 40.9 Å². The van der Waals surface area contributed by atoms with E-state index < -0.39 is 0 Å². The maximum atomic E-state index is 9.53. The molecule has 0 aromatic heterocycles. The number of hydrogen-bond donors (Lipinski definition) is 0. The molecule has 0 heterocycles. The molecule has 0 saturated heterocycles. The van der Waals surface area contributed by atoms with Gasteiger partial charge < -0.3 is 14.4 Å². The molecule has 0 unspecified atom stereocenters. The number of nitrogens with zero attached hydrogens (tertiary/aromatic N) is 2. The van der Waals surface area contributed by atoms with Crippen molar-refractivity contribution in [3.8, 4) is 17.6 Å². The van der Waals surface area contributed by atoms with Crippen molar-refractivity contribution in [2.45, 2.75) is 0 Å². The molecule has 0 fully saturated rings. The number of rotatable bonds is 5. The van der Waals surface area contributed by atoms with Crippen LogP contribution >= 0.6 is 15.9 Å². The third kappa shape index (κ3) is 3.90. The molecule has 0 spiro atoms. The molecule has 0 aliphatic carbocycles. The Morgan fingerprint density at radius 2 is 1.79 bits per heavy atom. The number of nitriles is 1. The second kappa shape index (κ2) is 7.89. The highest BCUT2D eigenvalue weighted by Gasteiger charge is 2.09. The molecular weight excluding hydrogens is 368 g/mol. The summed E-state index contributed by atoms with van der Waals surface area (Å²) in [5.41, 5.74) is 3.36. The number of allylic oxidation sites excluding steroid dienone is 1. The van der Waals surface area contributed by atoms with Crippen LogP contribution in [0.2, 0.25) is 0 Å². The molecule has 0 atom stereocenters. The van der Waals surface area contributed by atoms with Crippen molar-refractivity contribution >= 4 is 33.3 Å². The molecule has 0 saturated carbocycles. The summed E-state index contributed by atoms with van der Waals surface area (Å²) < 4.78 is 11.5. The molecule has 0 aliphatic heterocycles. The Morgan fingerprint density at radius 3 is 2.33 bits per heavy atom. The average molecular weight is 387 g/mol. The van der Waals surface area contributed by atoms with Crippen molar-refractivity contribution in [3.05, 3.63) is 52.0 Å². The lowest BCUT2D eigenvalue weighted by Gasteiger charge is -2.14. The quantitative estimate of drug-likeness (QED) is 0.556. The molecule has 0 amide bonds. The van der Waals surface area contributed by atoms with Gasteiger partial charge in [-0.1, -0.05) is 6.07 Å². The standard InChI is InChI=1S/C19H19BrN2O2/c1-22(2)17-7-5-13(10-16(17)20)9-15(12-21)14-6-8-18(23-3)19(11-14)24-4/h5-11H,1-4H3. The molecule has 2 aromatic carbocycles. The fourth-order valence-corrected chi connectivity index (χ4v) is 3.08. The third-order valence-electron chi connectivity index (χ3n) is 3.58. The van der Waals surface area contributed by atoms with E-state index in [1.165, 1.54) is 0 Å². The van der Waals surface area contributed by atoms with E-state index in [-0.39, 0.29) is 0 Å². The predicted octanol–water partition coefficient (Wildman–Crippen LogP) is 4.60. The molecule has 0 radical (unpaired) electrons. The van der Waals surface area contributed by atoms with Crippen molar-refractivity contribution in [2.24, 2.45) is 0 Å². The molecule has 124 valence electrons. The highest BCUT2D eigenvalue weighted by Crippen LogP contribution is 2.32. The van der Waals surface area contributed by atoms with E-state index in [2.05, 4.69) is 22.0 Å². The SMILES string of the molecule is COc1ccc(C(C#N)=Cc2ccc(N(C)C)c(Br)c2)cc1OC. The van der Waals surface area contributed by atoms with Crippen molar-refractivity contribution in [1.29, 1.82) is 5.26 Å². The number of anilines is 1. The van der Waals surface area contributed by atoms with E-state index in [1.54, 1.807) is 26.4 Å². The first-order chi connectivity index (χ1) is 11.5. The Morgan fingerprint density at radius 1 is 1.08 bits per heavy atom. The molecular formula is C19H19BrN2O2. The molecule has 0 N–H and O–H groups in total. The van der Waals surface area contributed by atoms with Crippen molar-refractivity contribution in [1.82, 2.24) is 0 Å². The summed E-state index contributed by atoms with van der Waals surface area (Å²) >= 11 is 3.57. The molecule has 2 rings (SSSR count). The zero-order chi connectivity index (χ0) is 17.7. The first kappa shape index (κ1) is 17.9. The van der Waals surface area contributed by atoms with E-state index in [9.17, 15) is 5.26 Å². The van der Waals surface area contributed by atoms with Gasteiger partial charge >= 0.3 is 0 Å². The van der Waals surface area contributed by atoms with Crippen molar-refractivity contribution in [2.75, 3.05) is 33.2 Å². The smallest absolute Gasteiger partial charge is 0.161 e. The predicted molar refractivity (Wildman–Crippen MR) is 101 cm³/mol. The lowest BCUT2D eigenvalue weighted by molar-refractivity contribution is 0.355. The molecule has 5 heteroatoms. The lowest BCUT2D eigenvalue weighted by atomic mass is 10.0. The minimum absolute atomic E-state index is 0.556. The minimum Gasteiger partial charge on any atom is -0.493 e.